The van der Waals surface area contributed by atoms with E-state index in [1.165, 1.54) is 6.92 Å². The monoisotopic (exact) mass is 566 g/mol. The van der Waals surface area contributed by atoms with Gasteiger partial charge in [0.1, 0.15) is 17.5 Å². The lowest BCUT2D eigenvalue weighted by molar-refractivity contribution is -0.222. The number of carbonyl (C=O) groups excluding carboxylic acids is 6. The van der Waals surface area contributed by atoms with Crippen molar-refractivity contribution in [2.24, 2.45) is 40.4 Å². The molecule has 2 saturated carbocycles. The fourth-order valence-electron chi connectivity index (χ4n) is 8.80. The van der Waals surface area contributed by atoms with E-state index in [1.54, 1.807) is 47.6 Å². The van der Waals surface area contributed by atoms with Gasteiger partial charge in [-0.2, -0.15) is 0 Å². The van der Waals surface area contributed by atoms with Crippen molar-refractivity contribution in [2.75, 3.05) is 0 Å². The molecule has 222 valence electrons. The maximum Gasteiger partial charge on any atom is 0.190 e. The Kier molecular flexibility index (Phi) is 6.79. The Morgan fingerprint density at radius 3 is 1.95 bits per heavy atom. The summed E-state index contributed by atoms with van der Waals surface area (Å²) in [5.41, 5.74) is -5.54. The second-order valence-corrected chi connectivity index (χ2v) is 14.4. The van der Waals surface area contributed by atoms with Crippen LogP contribution in [-0.4, -0.2) is 50.5 Å². The standard InChI is InChI=1S/C33H42O8/c1-13(2)23-26(37)21(16(5)35)28(39)33(41)29(40)24-27(38)22-20(14(3)31(24,10)17(6)32(23,33)11)18(15(4)34)12-19(25(22)36)30(7,8)9/h12-14,17,21,23-24,36,41H,1-11H3/t14-,17-,21?,23?,24?,31-,32-,33+/m1/s1. The quantitative estimate of drug-likeness (QED) is 0.405. The molecule has 1 aromatic carbocycles. The van der Waals surface area contributed by atoms with Crippen molar-refractivity contribution in [2.45, 2.75) is 93.1 Å². The molecule has 8 atom stereocenters. The van der Waals surface area contributed by atoms with Crippen molar-refractivity contribution in [1.82, 2.24) is 0 Å². The number of Topliss-reactive ketones (excluding diaryl/α,β-unsaturated/α-hetero) is 6. The van der Waals surface area contributed by atoms with Crippen molar-refractivity contribution < 1.29 is 39.0 Å². The Balaban J connectivity index is 2.14. The minimum absolute atomic E-state index is 0.145. The van der Waals surface area contributed by atoms with Crippen LogP contribution in [0.5, 0.6) is 5.75 Å². The first kappa shape index (κ1) is 30.9. The van der Waals surface area contributed by atoms with E-state index in [1.807, 2.05) is 20.8 Å². The summed E-state index contributed by atoms with van der Waals surface area (Å²) in [6.45, 7) is 18.3. The predicted molar refractivity (Wildman–Crippen MR) is 151 cm³/mol. The van der Waals surface area contributed by atoms with Crippen LogP contribution in [0, 0.1) is 40.4 Å². The van der Waals surface area contributed by atoms with Gasteiger partial charge in [-0.25, -0.2) is 0 Å². The largest absolute Gasteiger partial charge is 0.507 e. The smallest absolute Gasteiger partial charge is 0.190 e. The molecule has 0 spiro atoms. The molecule has 0 saturated heterocycles. The van der Waals surface area contributed by atoms with Crippen molar-refractivity contribution in [1.29, 1.82) is 0 Å². The van der Waals surface area contributed by atoms with Gasteiger partial charge < -0.3 is 10.2 Å². The molecule has 8 heteroatoms. The van der Waals surface area contributed by atoms with E-state index in [0.29, 0.717) is 11.1 Å². The first-order valence-electron chi connectivity index (χ1n) is 14.4. The van der Waals surface area contributed by atoms with E-state index in [-0.39, 0.29) is 22.7 Å². The second kappa shape index (κ2) is 9.00. The summed E-state index contributed by atoms with van der Waals surface area (Å²) in [6, 6.07) is 1.61. The third kappa shape index (κ3) is 3.49. The highest BCUT2D eigenvalue weighted by Gasteiger charge is 2.79. The molecule has 2 N–H and O–H groups in total. The van der Waals surface area contributed by atoms with Crippen LogP contribution < -0.4 is 0 Å². The number of phenolic OH excluding ortho intramolecular Hbond substituents is 1. The third-order valence-electron chi connectivity index (χ3n) is 11.2. The van der Waals surface area contributed by atoms with Gasteiger partial charge in [-0.3, -0.25) is 28.8 Å². The molecule has 8 nitrogen and oxygen atoms in total. The molecule has 3 aliphatic rings. The SMILES string of the molecule is CC(=O)c1cc(C(C)(C)C)c(O)c2c1[C@@H](C)[C@@]1(C)C(C2=O)C(=O)[C@@]2(O)C(=O)C(C(C)=O)C(=O)C(C(C)C)[C@@]2(C)[C@@H]1C. The van der Waals surface area contributed by atoms with Crippen molar-refractivity contribution in [3.63, 3.8) is 0 Å². The van der Waals surface area contributed by atoms with E-state index >= 15 is 0 Å². The molecule has 4 rings (SSSR count). The summed E-state index contributed by atoms with van der Waals surface area (Å²) in [4.78, 5) is 82.5. The average molecular weight is 567 g/mol. The van der Waals surface area contributed by atoms with Gasteiger partial charge in [0.25, 0.3) is 0 Å². The van der Waals surface area contributed by atoms with Crippen LogP contribution in [0.2, 0.25) is 0 Å². The maximum absolute atomic E-state index is 14.6. The minimum Gasteiger partial charge on any atom is -0.507 e. The molecular weight excluding hydrogens is 524 g/mol. The molecule has 0 bridgehead atoms. The summed E-state index contributed by atoms with van der Waals surface area (Å²) in [7, 11) is 0. The Morgan fingerprint density at radius 2 is 1.51 bits per heavy atom. The summed E-state index contributed by atoms with van der Waals surface area (Å²) >= 11 is 0. The van der Waals surface area contributed by atoms with Crippen LogP contribution in [-0.2, 0) is 24.6 Å². The Labute approximate surface area is 241 Å². The van der Waals surface area contributed by atoms with Crippen LogP contribution in [0.15, 0.2) is 6.07 Å². The summed E-state index contributed by atoms with van der Waals surface area (Å²) < 4.78 is 0. The van der Waals surface area contributed by atoms with Gasteiger partial charge in [-0.15, -0.1) is 0 Å². The molecule has 1 aromatic rings. The lowest BCUT2D eigenvalue weighted by Crippen LogP contribution is -2.79. The number of aliphatic hydroxyl groups is 1. The number of aromatic hydroxyl groups is 1. The van der Waals surface area contributed by atoms with Crippen LogP contribution in [0.1, 0.15) is 114 Å². The van der Waals surface area contributed by atoms with Gasteiger partial charge in [-0.1, -0.05) is 62.3 Å². The van der Waals surface area contributed by atoms with Gasteiger partial charge in [0.05, 0.1) is 11.5 Å². The van der Waals surface area contributed by atoms with E-state index < -0.39 is 86.3 Å². The fourth-order valence-corrected chi connectivity index (χ4v) is 8.80. The van der Waals surface area contributed by atoms with Crippen molar-refractivity contribution in [3.8, 4) is 5.75 Å². The maximum atomic E-state index is 14.6. The topological polar surface area (TPSA) is 143 Å². The fraction of sp³-hybridized carbons (Fsp3) is 0.636. The highest BCUT2D eigenvalue weighted by molar-refractivity contribution is 6.33. The Morgan fingerprint density at radius 1 is 0.976 bits per heavy atom. The minimum atomic E-state index is -2.79. The zero-order valence-corrected chi connectivity index (χ0v) is 25.9. The van der Waals surface area contributed by atoms with Crippen LogP contribution in [0.25, 0.3) is 0 Å². The van der Waals surface area contributed by atoms with Gasteiger partial charge in [-0.05, 0) is 54.1 Å². The zero-order valence-electron chi connectivity index (χ0n) is 25.9. The normalized spacial score (nSPS) is 37.0. The number of benzene rings is 1. The summed E-state index contributed by atoms with van der Waals surface area (Å²) in [5, 5.41) is 23.8. The molecule has 0 heterocycles. The van der Waals surface area contributed by atoms with Gasteiger partial charge in [0.2, 0.25) is 0 Å². The second-order valence-electron chi connectivity index (χ2n) is 14.4. The summed E-state index contributed by atoms with van der Waals surface area (Å²) in [5.74, 6) is -11.3. The van der Waals surface area contributed by atoms with Gasteiger partial charge >= 0.3 is 0 Å². The van der Waals surface area contributed by atoms with E-state index in [4.69, 9.17) is 0 Å². The number of hydrogen-bond donors (Lipinski definition) is 2. The first-order valence-corrected chi connectivity index (χ1v) is 14.4. The van der Waals surface area contributed by atoms with E-state index in [2.05, 4.69) is 0 Å². The number of carbonyl (C=O) groups is 6. The number of ketones is 6. The van der Waals surface area contributed by atoms with Gasteiger partial charge in [0, 0.05) is 22.5 Å². The van der Waals surface area contributed by atoms with Crippen LogP contribution >= 0.6 is 0 Å². The first-order chi connectivity index (χ1) is 18.5. The zero-order chi connectivity index (χ0) is 31.5. The molecule has 0 aliphatic heterocycles. The number of phenols is 1. The molecule has 3 unspecified atom stereocenters. The van der Waals surface area contributed by atoms with Crippen LogP contribution in [0.3, 0.4) is 0 Å². The molecule has 2 fully saturated rings. The molecular formula is C33H42O8. The highest BCUT2D eigenvalue weighted by Crippen LogP contribution is 2.69. The number of hydrogen-bond acceptors (Lipinski definition) is 8. The van der Waals surface area contributed by atoms with Gasteiger partial charge in [0.15, 0.2) is 34.5 Å². The Hall–Kier alpha value is -3.00. The van der Waals surface area contributed by atoms with Crippen molar-refractivity contribution in [3.05, 3.63) is 28.3 Å². The highest BCUT2D eigenvalue weighted by atomic mass is 16.3. The molecule has 0 aromatic heterocycles. The average Bonchev–Trinajstić information content (AvgIpc) is 2.82. The molecule has 0 amide bonds. The lowest BCUT2D eigenvalue weighted by Gasteiger charge is -2.66. The molecule has 3 aliphatic carbocycles. The van der Waals surface area contributed by atoms with Crippen molar-refractivity contribution >= 4 is 34.7 Å². The molecule has 0 radical (unpaired) electrons. The van der Waals surface area contributed by atoms with Crippen LogP contribution in [0.4, 0.5) is 0 Å². The number of rotatable bonds is 3. The predicted octanol–water partition coefficient (Wildman–Crippen LogP) is 4.40. The number of fused-ring (bicyclic) bond motifs is 3. The third-order valence-corrected chi connectivity index (χ3v) is 11.2. The Bertz CT molecular complexity index is 1440. The van der Waals surface area contributed by atoms with E-state index in [9.17, 15) is 39.0 Å². The summed E-state index contributed by atoms with van der Waals surface area (Å²) in [6.07, 6.45) is 0. The lowest BCUT2D eigenvalue weighted by atomic mass is 9.34. The molecule has 41 heavy (non-hydrogen) atoms. The van der Waals surface area contributed by atoms with E-state index in [0.717, 1.165) is 6.92 Å².